The van der Waals surface area contributed by atoms with Crippen molar-refractivity contribution in [2.75, 3.05) is 6.54 Å². The first-order valence-corrected chi connectivity index (χ1v) is 5.36. The molecule has 1 aromatic rings. The molecule has 1 fully saturated rings. The summed E-state index contributed by atoms with van der Waals surface area (Å²) >= 11 is 0. The highest BCUT2D eigenvalue weighted by Crippen LogP contribution is 2.19. The maximum absolute atomic E-state index is 10.6. The van der Waals surface area contributed by atoms with E-state index in [0.29, 0.717) is 19.5 Å². The Morgan fingerprint density at radius 1 is 1.56 bits per heavy atom. The SMILES string of the molecule is O=C(O)C1CCC(CNCc2ccoc2)O1. The molecule has 0 spiro atoms. The van der Waals surface area contributed by atoms with Crippen molar-refractivity contribution >= 4 is 5.97 Å². The van der Waals surface area contributed by atoms with Crippen LogP contribution in [0.2, 0.25) is 0 Å². The molecule has 2 N–H and O–H groups in total. The summed E-state index contributed by atoms with van der Waals surface area (Å²) in [5.41, 5.74) is 1.08. The second-order valence-corrected chi connectivity index (χ2v) is 3.92. The lowest BCUT2D eigenvalue weighted by Gasteiger charge is -2.11. The zero-order valence-electron chi connectivity index (χ0n) is 8.89. The lowest BCUT2D eigenvalue weighted by Crippen LogP contribution is -2.28. The van der Waals surface area contributed by atoms with Crippen LogP contribution < -0.4 is 5.32 Å². The van der Waals surface area contributed by atoms with E-state index in [1.165, 1.54) is 0 Å². The van der Waals surface area contributed by atoms with Crippen molar-refractivity contribution in [1.29, 1.82) is 0 Å². The molecule has 1 aromatic heterocycles. The summed E-state index contributed by atoms with van der Waals surface area (Å²) in [5, 5.41) is 12.0. The van der Waals surface area contributed by atoms with Crippen molar-refractivity contribution in [3.8, 4) is 0 Å². The maximum Gasteiger partial charge on any atom is 0.332 e. The van der Waals surface area contributed by atoms with Gasteiger partial charge in [-0.3, -0.25) is 0 Å². The number of nitrogens with one attached hydrogen (secondary N) is 1. The van der Waals surface area contributed by atoms with Crippen LogP contribution in [-0.2, 0) is 16.1 Å². The van der Waals surface area contributed by atoms with Crippen molar-refractivity contribution < 1.29 is 19.1 Å². The maximum atomic E-state index is 10.6. The number of furan rings is 1. The van der Waals surface area contributed by atoms with Gasteiger partial charge in [-0.25, -0.2) is 4.79 Å². The van der Waals surface area contributed by atoms with Gasteiger partial charge in [0, 0.05) is 18.7 Å². The van der Waals surface area contributed by atoms with Crippen LogP contribution in [0, 0.1) is 0 Å². The first kappa shape index (κ1) is 11.2. The van der Waals surface area contributed by atoms with Crippen molar-refractivity contribution in [2.45, 2.75) is 31.6 Å². The molecule has 0 radical (unpaired) electrons. The van der Waals surface area contributed by atoms with Crippen molar-refractivity contribution in [3.05, 3.63) is 24.2 Å². The first-order valence-electron chi connectivity index (χ1n) is 5.36. The summed E-state index contributed by atoms with van der Waals surface area (Å²) in [6.07, 6.45) is 4.10. The van der Waals surface area contributed by atoms with Crippen LogP contribution >= 0.6 is 0 Å². The monoisotopic (exact) mass is 225 g/mol. The van der Waals surface area contributed by atoms with Gasteiger partial charge in [0.25, 0.3) is 0 Å². The summed E-state index contributed by atoms with van der Waals surface area (Å²) in [5.74, 6) is -0.864. The smallest absolute Gasteiger partial charge is 0.332 e. The fourth-order valence-corrected chi connectivity index (χ4v) is 1.81. The van der Waals surface area contributed by atoms with Gasteiger partial charge in [-0.15, -0.1) is 0 Å². The van der Waals surface area contributed by atoms with E-state index in [0.717, 1.165) is 12.0 Å². The van der Waals surface area contributed by atoms with E-state index in [1.54, 1.807) is 12.5 Å². The number of hydrogen-bond donors (Lipinski definition) is 2. The molecule has 16 heavy (non-hydrogen) atoms. The Balaban J connectivity index is 1.66. The largest absolute Gasteiger partial charge is 0.479 e. The molecule has 5 heteroatoms. The molecule has 2 heterocycles. The third-order valence-corrected chi connectivity index (χ3v) is 2.66. The summed E-state index contributed by atoms with van der Waals surface area (Å²) in [4.78, 5) is 10.6. The quantitative estimate of drug-likeness (QED) is 0.782. The van der Waals surface area contributed by atoms with Gasteiger partial charge in [0.15, 0.2) is 6.10 Å². The van der Waals surface area contributed by atoms with Gasteiger partial charge in [-0.1, -0.05) is 0 Å². The molecular formula is C11H15NO4. The van der Waals surface area contributed by atoms with Gasteiger partial charge in [0.1, 0.15) is 0 Å². The Bertz CT molecular complexity index is 336. The van der Waals surface area contributed by atoms with E-state index in [9.17, 15) is 4.79 Å². The van der Waals surface area contributed by atoms with Gasteiger partial charge >= 0.3 is 5.97 Å². The Hall–Kier alpha value is -1.33. The van der Waals surface area contributed by atoms with E-state index in [4.69, 9.17) is 14.3 Å². The molecule has 0 amide bonds. The van der Waals surface area contributed by atoms with Crippen molar-refractivity contribution in [2.24, 2.45) is 0 Å². The van der Waals surface area contributed by atoms with Gasteiger partial charge in [0.2, 0.25) is 0 Å². The minimum Gasteiger partial charge on any atom is -0.479 e. The molecule has 0 aromatic carbocycles. The molecule has 0 aliphatic carbocycles. The normalized spacial score (nSPS) is 24.8. The van der Waals surface area contributed by atoms with Gasteiger partial charge in [0.05, 0.1) is 18.6 Å². The zero-order valence-corrected chi connectivity index (χ0v) is 8.89. The molecule has 1 saturated heterocycles. The Kier molecular flexibility index (Phi) is 3.58. The highest BCUT2D eigenvalue weighted by Gasteiger charge is 2.29. The van der Waals surface area contributed by atoms with Crippen molar-refractivity contribution in [1.82, 2.24) is 5.32 Å². The van der Waals surface area contributed by atoms with Crippen LogP contribution in [0.25, 0.3) is 0 Å². The summed E-state index contributed by atoms with van der Waals surface area (Å²) < 4.78 is 10.3. The predicted octanol–water partition coefficient (Wildman–Crippen LogP) is 1.00. The third kappa shape index (κ3) is 2.84. The number of aliphatic carboxylic acids is 1. The van der Waals surface area contributed by atoms with E-state index in [2.05, 4.69) is 5.32 Å². The molecule has 0 saturated carbocycles. The molecule has 5 nitrogen and oxygen atoms in total. The minimum atomic E-state index is -0.864. The second-order valence-electron chi connectivity index (χ2n) is 3.92. The number of carboxylic acids is 1. The fraction of sp³-hybridized carbons (Fsp3) is 0.545. The van der Waals surface area contributed by atoms with Crippen LogP contribution in [0.3, 0.4) is 0 Å². The molecule has 88 valence electrons. The predicted molar refractivity (Wildman–Crippen MR) is 55.9 cm³/mol. The molecule has 2 atom stereocenters. The summed E-state index contributed by atoms with van der Waals surface area (Å²) in [6.45, 7) is 1.39. The Morgan fingerprint density at radius 3 is 3.06 bits per heavy atom. The van der Waals surface area contributed by atoms with Crippen LogP contribution in [0.5, 0.6) is 0 Å². The molecule has 2 unspecified atom stereocenters. The highest BCUT2D eigenvalue weighted by atomic mass is 16.5. The second kappa shape index (κ2) is 5.14. The van der Waals surface area contributed by atoms with Gasteiger partial charge in [-0.2, -0.15) is 0 Å². The van der Waals surface area contributed by atoms with Crippen LogP contribution in [-0.4, -0.2) is 29.8 Å². The highest BCUT2D eigenvalue weighted by molar-refractivity contribution is 5.72. The molecule has 0 bridgehead atoms. The van der Waals surface area contributed by atoms with Gasteiger partial charge < -0.3 is 19.6 Å². The summed E-state index contributed by atoms with van der Waals surface area (Å²) in [7, 11) is 0. The van der Waals surface area contributed by atoms with E-state index < -0.39 is 12.1 Å². The van der Waals surface area contributed by atoms with E-state index >= 15 is 0 Å². The average molecular weight is 225 g/mol. The van der Waals surface area contributed by atoms with Crippen LogP contribution in [0.4, 0.5) is 0 Å². The topological polar surface area (TPSA) is 71.7 Å². The number of rotatable bonds is 5. The molecular weight excluding hydrogens is 210 g/mol. The van der Waals surface area contributed by atoms with E-state index in [1.807, 2.05) is 6.07 Å². The number of carboxylic acid groups (broad SMARTS) is 1. The minimum absolute atomic E-state index is 0.00741. The first-order chi connectivity index (χ1) is 7.75. The lowest BCUT2D eigenvalue weighted by molar-refractivity contribution is -0.149. The lowest BCUT2D eigenvalue weighted by atomic mass is 10.2. The number of carbonyl (C=O) groups is 1. The number of ether oxygens (including phenoxy) is 1. The Labute approximate surface area is 93.4 Å². The third-order valence-electron chi connectivity index (χ3n) is 2.66. The molecule has 2 rings (SSSR count). The van der Waals surface area contributed by atoms with Crippen LogP contribution in [0.1, 0.15) is 18.4 Å². The Morgan fingerprint density at radius 2 is 2.44 bits per heavy atom. The molecule has 1 aliphatic rings. The summed E-state index contributed by atoms with van der Waals surface area (Å²) in [6, 6.07) is 1.89. The fourth-order valence-electron chi connectivity index (χ4n) is 1.81. The molecule has 1 aliphatic heterocycles. The van der Waals surface area contributed by atoms with Crippen LogP contribution in [0.15, 0.2) is 23.0 Å². The van der Waals surface area contributed by atoms with Crippen molar-refractivity contribution in [3.63, 3.8) is 0 Å². The number of hydrogen-bond acceptors (Lipinski definition) is 4. The standard InChI is InChI=1S/C11H15NO4/c13-11(14)10-2-1-9(16-10)6-12-5-8-3-4-15-7-8/h3-4,7,9-10,12H,1-2,5-6H2,(H,13,14). The zero-order chi connectivity index (χ0) is 11.4. The average Bonchev–Trinajstić information content (AvgIpc) is 2.87. The van der Waals surface area contributed by atoms with Gasteiger partial charge in [-0.05, 0) is 18.9 Å². The van der Waals surface area contributed by atoms with E-state index in [-0.39, 0.29) is 6.10 Å².